The third kappa shape index (κ3) is 4.27. The molecule has 0 radical (unpaired) electrons. The van der Waals surface area contributed by atoms with Crippen LogP contribution < -0.4 is 11.1 Å². The van der Waals surface area contributed by atoms with Crippen molar-refractivity contribution in [2.75, 3.05) is 11.5 Å². The van der Waals surface area contributed by atoms with Gasteiger partial charge in [-0.3, -0.25) is 4.79 Å². The summed E-state index contributed by atoms with van der Waals surface area (Å²) in [6.07, 6.45) is 2.02. The highest BCUT2D eigenvalue weighted by molar-refractivity contribution is 8.00. The van der Waals surface area contributed by atoms with Gasteiger partial charge >= 0.3 is 0 Å². The van der Waals surface area contributed by atoms with E-state index in [4.69, 9.17) is 5.73 Å². The van der Waals surface area contributed by atoms with Gasteiger partial charge < -0.3 is 11.1 Å². The number of pyridine rings is 1. The molecule has 0 saturated heterocycles. The molecule has 7 heteroatoms. The maximum atomic E-state index is 12.0. The van der Waals surface area contributed by atoms with Gasteiger partial charge in [0.1, 0.15) is 28.5 Å². The third-order valence-corrected chi connectivity index (χ3v) is 5.54. The molecule has 1 fully saturated rings. The summed E-state index contributed by atoms with van der Waals surface area (Å²) in [5, 5.41) is 22.6. The summed E-state index contributed by atoms with van der Waals surface area (Å²) in [5.74, 6) is 0.493. The number of nitrogens with zero attached hydrogens (tertiary/aromatic N) is 3. The smallest absolute Gasteiger partial charge is 0.230 e. The van der Waals surface area contributed by atoms with Gasteiger partial charge in [-0.25, -0.2) is 4.98 Å². The van der Waals surface area contributed by atoms with Crippen molar-refractivity contribution >= 4 is 23.5 Å². The fourth-order valence-corrected chi connectivity index (χ4v) is 3.66. The zero-order chi connectivity index (χ0) is 20.3. The molecule has 2 aromatic rings. The Morgan fingerprint density at radius 1 is 1.25 bits per heavy atom. The van der Waals surface area contributed by atoms with E-state index in [-0.39, 0.29) is 34.6 Å². The number of amides is 1. The Balaban J connectivity index is 1.99. The Kier molecular flexibility index (Phi) is 5.87. The van der Waals surface area contributed by atoms with Crippen LogP contribution in [0.2, 0.25) is 0 Å². The van der Waals surface area contributed by atoms with Gasteiger partial charge in [-0.15, -0.1) is 0 Å². The van der Waals surface area contributed by atoms with Gasteiger partial charge in [-0.1, -0.05) is 49.9 Å². The van der Waals surface area contributed by atoms with E-state index in [0.717, 1.165) is 35.7 Å². The van der Waals surface area contributed by atoms with E-state index in [1.807, 2.05) is 24.3 Å². The molecule has 1 aromatic carbocycles. The lowest BCUT2D eigenvalue weighted by Crippen LogP contribution is -2.27. The van der Waals surface area contributed by atoms with Gasteiger partial charge in [-0.2, -0.15) is 10.5 Å². The quantitative estimate of drug-likeness (QED) is 0.727. The van der Waals surface area contributed by atoms with Crippen molar-refractivity contribution in [3.8, 4) is 23.3 Å². The van der Waals surface area contributed by atoms with Crippen molar-refractivity contribution in [2.45, 2.75) is 43.7 Å². The molecule has 1 amide bonds. The molecule has 0 unspecified atom stereocenters. The second kappa shape index (κ2) is 8.33. The fraction of sp³-hybridized carbons (Fsp3) is 0.333. The molecule has 0 atom stereocenters. The predicted molar refractivity (Wildman–Crippen MR) is 109 cm³/mol. The minimum absolute atomic E-state index is 0.0644. The van der Waals surface area contributed by atoms with Crippen molar-refractivity contribution in [1.82, 2.24) is 10.3 Å². The summed E-state index contributed by atoms with van der Waals surface area (Å²) in [6.45, 7) is 4.20. The molecule has 28 heavy (non-hydrogen) atoms. The maximum absolute atomic E-state index is 12.0. The number of nitrogens with two attached hydrogens (primary N) is 1. The average Bonchev–Trinajstić information content (AvgIpc) is 3.49. The molecule has 142 valence electrons. The molecule has 0 aliphatic heterocycles. The topological polar surface area (TPSA) is 116 Å². The molecule has 1 heterocycles. The number of nitrogen functional groups attached to an aromatic ring is 1. The number of carbonyl (C=O) groups is 1. The molecular weight excluding hydrogens is 370 g/mol. The predicted octanol–water partition coefficient (Wildman–Crippen LogP) is 3.57. The van der Waals surface area contributed by atoms with Crippen LogP contribution >= 0.6 is 11.8 Å². The van der Waals surface area contributed by atoms with Crippen LogP contribution in [0.5, 0.6) is 0 Å². The van der Waals surface area contributed by atoms with Crippen LogP contribution in [0.4, 0.5) is 5.82 Å². The van der Waals surface area contributed by atoms with Gasteiger partial charge in [0.25, 0.3) is 0 Å². The van der Waals surface area contributed by atoms with E-state index in [1.165, 1.54) is 0 Å². The molecule has 3 rings (SSSR count). The highest BCUT2D eigenvalue weighted by atomic mass is 32.2. The van der Waals surface area contributed by atoms with E-state index in [9.17, 15) is 15.3 Å². The van der Waals surface area contributed by atoms with Crippen LogP contribution in [-0.2, 0) is 4.79 Å². The molecule has 3 N–H and O–H groups in total. The van der Waals surface area contributed by atoms with E-state index >= 15 is 0 Å². The summed E-state index contributed by atoms with van der Waals surface area (Å²) in [7, 11) is 0. The average molecular weight is 392 g/mol. The van der Waals surface area contributed by atoms with Crippen molar-refractivity contribution in [1.29, 1.82) is 10.5 Å². The highest BCUT2D eigenvalue weighted by Crippen LogP contribution is 2.36. The van der Waals surface area contributed by atoms with E-state index in [1.54, 1.807) is 0 Å². The summed E-state index contributed by atoms with van der Waals surface area (Å²) in [5.41, 5.74) is 8.83. The van der Waals surface area contributed by atoms with E-state index in [2.05, 4.69) is 36.3 Å². The van der Waals surface area contributed by atoms with Crippen molar-refractivity contribution in [3.63, 3.8) is 0 Å². The number of aromatic nitrogens is 1. The van der Waals surface area contributed by atoms with Gasteiger partial charge in [0.15, 0.2) is 0 Å². The van der Waals surface area contributed by atoms with Gasteiger partial charge in [0.05, 0.1) is 11.3 Å². The molecule has 1 aliphatic carbocycles. The van der Waals surface area contributed by atoms with Gasteiger partial charge in [0, 0.05) is 11.6 Å². The Hall–Kier alpha value is -3.03. The van der Waals surface area contributed by atoms with E-state index in [0.29, 0.717) is 16.5 Å². The molecule has 0 bridgehead atoms. The monoisotopic (exact) mass is 391 g/mol. The number of nitriles is 2. The second-order valence-corrected chi connectivity index (χ2v) is 8.02. The van der Waals surface area contributed by atoms with Crippen molar-refractivity contribution < 1.29 is 4.79 Å². The first-order valence-electron chi connectivity index (χ1n) is 9.10. The summed E-state index contributed by atoms with van der Waals surface area (Å²) < 4.78 is 0. The SMILES string of the molecule is CC(C)c1ccc(-c2c(C#N)c(N)nc(SCC(=O)NC3CC3)c2C#N)cc1. The first-order chi connectivity index (χ1) is 13.4. The number of anilines is 1. The summed E-state index contributed by atoms with van der Waals surface area (Å²) in [4.78, 5) is 16.2. The standard InChI is InChI=1S/C21H21N5OS/c1-12(2)13-3-5-14(6-4-13)19-16(9-22)20(24)26-21(17(19)10-23)28-11-18(27)25-15-7-8-15/h3-6,12,15H,7-8,11H2,1-2H3,(H2,24,26)(H,25,27). The number of hydrogen-bond donors (Lipinski definition) is 2. The summed E-state index contributed by atoms with van der Waals surface area (Å²) >= 11 is 1.16. The minimum atomic E-state index is -0.0936. The largest absolute Gasteiger partial charge is 0.383 e. The Morgan fingerprint density at radius 2 is 1.89 bits per heavy atom. The van der Waals surface area contributed by atoms with Gasteiger partial charge in [0.2, 0.25) is 5.91 Å². The van der Waals surface area contributed by atoms with Gasteiger partial charge in [-0.05, 0) is 29.9 Å². The number of hydrogen-bond acceptors (Lipinski definition) is 6. The van der Waals surface area contributed by atoms with Crippen LogP contribution in [0.25, 0.3) is 11.1 Å². The van der Waals surface area contributed by atoms with Crippen LogP contribution in [0.15, 0.2) is 29.3 Å². The van der Waals surface area contributed by atoms with Crippen LogP contribution in [0.1, 0.15) is 49.3 Å². The zero-order valence-corrected chi connectivity index (χ0v) is 16.6. The van der Waals surface area contributed by atoms with E-state index < -0.39 is 0 Å². The lowest BCUT2D eigenvalue weighted by Gasteiger charge is -2.14. The third-order valence-electron chi connectivity index (χ3n) is 4.56. The van der Waals surface area contributed by atoms with Crippen LogP contribution in [0.3, 0.4) is 0 Å². The maximum Gasteiger partial charge on any atom is 0.230 e. The lowest BCUT2D eigenvalue weighted by molar-refractivity contribution is -0.118. The molecule has 0 spiro atoms. The Labute approximate surface area is 168 Å². The molecule has 1 aromatic heterocycles. The lowest BCUT2D eigenvalue weighted by atomic mass is 9.94. The summed E-state index contributed by atoms with van der Waals surface area (Å²) in [6, 6.07) is 12.2. The Bertz CT molecular complexity index is 982. The first kappa shape index (κ1) is 19.7. The van der Waals surface area contributed by atoms with Crippen LogP contribution in [0, 0.1) is 22.7 Å². The zero-order valence-electron chi connectivity index (χ0n) is 15.8. The fourth-order valence-electron chi connectivity index (χ4n) is 2.86. The highest BCUT2D eigenvalue weighted by Gasteiger charge is 2.24. The molecule has 1 aliphatic rings. The first-order valence-corrected chi connectivity index (χ1v) is 10.1. The Morgan fingerprint density at radius 3 is 2.43 bits per heavy atom. The van der Waals surface area contributed by atoms with Crippen LogP contribution in [-0.4, -0.2) is 22.7 Å². The minimum Gasteiger partial charge on any atom is -0.383 e. The number of nitrogens with one attached hydrogen (secondary N) is 1. The number of thioether (sulfide) groups is 1. The number of benzene rings is 1. The van der Waals surface area contributed by atoms with Crippen molar-refractivity contribution in [3.05, 3.63) is 41.0 Å². The molecule has 1 saturated carbocycles. The molecule has 6 nitrogen and oxygen atoms in total. The van der Waals surface area contributed by atoms with Crippen molar-refractivity contribution in [2.24, 2.45) is 0 Å². The number of rotatable bonds is 6. The normalized spacial score (nSPS) is 13.0. The molecular formula is C21H21N5OS. The number of carbonyl (C=O) groups excluding carboxylic acids is 1. The second-order valence-electron chi connectivity index (χ2n) is 7.06.